The lowest BCUT2D eigenvalue weighted by molar-refractivity contribution is -0.0836. The van der Waals surface area contributed by atoms with E-state index in [0.717, 1.165) is 24.9 Å². The minimum Gasteiger partial charge on any atom is -0.395 e. The highest BCUT2D eigenvalue weighted by Crippen LogP contribution is 2.37. The summed E-state index contributed by atoms with van der Waals surface area (Å²) in [4.78, 5) is 2.39. The first-order valence-corrected chi connectivity index (χ1v) is 9.54. The van der Waals surface area contributed by atoms with Gasteiger partial charge in [0.1, 0.15) is 12.2 Å². The third-order valence-corrected chi connectivity index (χ3v) is 5.61. The molecular formula is C22H27NO3. The van der Waals surface area contributed by atoms with Crippen LogP contribution in [0.3, 0.4) is 0 Å². The zero-order valence-electron chi connectivity index (χ0n) is 15.0. The van der Waals surface area contributed by atoms with Crippen LogP contribution in [-0.4, -0.2) is 47.4 Å². The van der Waals surface area contributed by atoms with Crippen molar-refractivity contribution in [3.63, 3.8) is 0 Å². The van der Waals surface area contributed by atoms with E-state index in [2.05, 4.69) is 29.2 Å². The maximum atomic E-state index is 10.0. The number of fused-ring (bicyclic) bond motifs is 1. The molecule has 2 fully saturated rings. The summed E-state index contributed by atoms with van der Waals surface area (Å²) in [7, 11) is 0. The van der Waals surface area contributed by atoms with E-state index in [-0.39, 0.29) is 24.9 Å². The molecule has 4 nitrogen and oxygen atoms in total. The van der Waals surface area contributed by atoms with Gasteiger partial charge in [0, 0.05) is 6.04 Å². The molecule has 2 aliphatic rings. The van der Waals surface area contributed by atoms with Gasteiger partial charge in [0.25, 0.3) is 0 Å². The van der Waals surface area contributed by atoms with Crippen LogP contribution in [0.1, 0.15) is 24.0 Å². The molecule has 2 aromatic carbocycles. The Bertz CT molecular complexity index is 635. The van der Waals surface area contributed by atoms with Gasteiger partial charge in [0.05, 0.1) is 25.9 Å². The van der Waals surface area contributed by atoms with Crippen molar-refractivity contribution >= 4 is 0 Å². The number of hydrogen-bond acceptors (Lipinski definition) is 4. The van der Waals surface area contributed by atoms with E-state index in [4.69, 9.17) is 9.47 Å². The van der Waals surface area contributed by atoms with Crippen LogP contribution >= 0.6 is 0 Å². The average molecular weight is 353 g/mol. The molecule has 0 saturated carbocycles. The highest BCUT2D eigenvalue weighted by atomic mass is 16.5. The van der Waals surface area contributed by atoms with Crippen molar-refractivity contribution in [1.82, 2.24) is 4.90 Å². The van der Waals surface area contributed by atoms with Gasteiger partial charge in [0.2, 0.25) is 0 Å². The molecule has 0 bridgehead atoms. The molecule has 26 heavy (non-hydrogen) atoms. The fourth-order valence-electron chi connectivity index (χ4n) is 4.36. The Morgan fingerprint density at radius 1 is 0.846 bits per heavy atom. The number of nitrogens with zero attached hydrogens (tertiary/aromatic N) is 1. The summed E-state index contributed by atoms with van der Waals surface area (Å²) in [5, 5.41) is 10.0. The molecule has 0 amide bonds. The third-order valence-electron chi connectivity index (χ3n) is 5.61. The van der Waals surface area contributed by atoms with E-state index in [0.29, 0.717) is 19.3 Å². The second-order valence-electron chi connectivity index (χ2n) is 7.22. The van der Waals surface area contributed by atoms with E-state index < -0.39 is 0 Å². The fourth-order valence-corrected chi connectivity index (χ4v) is 4.36. The summed E-state index contributed by atoms with van der Waals surface area (Å²) >= 11 is 0. The molecule has 138 valence electrons. The van der Waals surface area contributed by atoms with E-state index in [1.165, 1.54) is 5.56 Å². The molecule has 2 aromatic rings. The highest BCUT2D eigenvalue weighted by molar-refractivity contribution is 5.15. The van der Waals surface area contributed by atoms with Gasteiger partial charge < -0.3 is 14.6 Å². The largest absolute Gasteiger partial charge is 0.395 e. The Kier molecular flexibility index (Phi) is 5.65. The molecule has 4 atom stereocenters. The van der Waals surface area contributed by atoms with Crippen LogP contribution in [0.4, 0.5) is 0 Å². The Labute approximate surface area is 155 Å². The molecule has 0 unspecified atom stereocenters. The molecule has 0 aliphatic carbocycles. The van der Waals surface area contributed by atoms with Crippen molar-refractivity contribution in [2.24, 2.45) is 0 Å². The van der Waals surface area contributed by atoms with Gasteiger partial charge in [-0.1, -0.05) is 60.7 Å². The first-order valence-electron chi connectivity index (χ1n) is 9.54. The maximum Gasteiger partial charge on any atom is 0.103 e. The zero-order chi connectivity index (χ0) is 17.8. The van der Waals surface area contributed by atoms with Crippen molar-refractivity contribution < 1.29 is 14.6 Å². The van der Waals surface area contributed by atoms with Crippen molar-refractivity contribution in [1.29, 1.82) is 0 Å². The van der Waals surface area contributed by atoms with Crippen LogP contribution < -0.4 is 0 Å². The van der Waals surface area contributed by atoms with E-state index in [1.807, 2.05) is 36.4 Å². The average Bonchev–Trinajstić information content (AvgIpc) is 3.27. The second kappa shape index (κ2) is 8.31. The van der Waals surface area contributed by atoms with Gasteiger partial charge >= 0.3 is 0 Å². The predicted octanol–water partition coefficient (Wildman–Crippen LogP) is 3.00. The van der Waals surface area contributed by atoms with Crippen molar-refractivity contribution in [2.45, 2.75) is 50.3 Å². The van der Waals surface area contributed by atoms with Crippen LogP contribution in [0.15, 0.2) is 60.7 Å². The van der Waals surface area contributed by atoms with E-state index in [1.54, 1.807) is 0 Å². The minimum atomic E-state index is -0.103. The molecule has 2 heterocycles. The van der Waals surface area contributed by atoms with Crippen molar-refractivity contribution in [3.05, 3.63) is 71.8 Å². The molecule has 1 N–H and O–H groups in total. The SMILES string of the molecule is OC[C@@H]1[C@@H](OCc2ccccc2)[C@@H](OCc2ccccc2)[C@H]2CCCN21. The lowest BCUT2D eigenvalue weighted by Crippen LogP contribution is -2.41. The normalized spacial score (nSPS) is 28.3. The predicted molar refractivity (Wildman–Crippen MR) is 101 cm³/mol. The van der Waals surface area contributed by atoms with E-state index in [9.17, 15) is 5.11 Å². The van der Waals surface area contributed by atoms with Gasteiger partial charge in [-0.3, -0.25) is 4.90 Å². The number of aliphatic hydroxyl groups is 1. The monoisotopic (exact) mass is 353 g/mol. The van der Waals surface area contributed by atoms with Crippen LogP contribution in [0.5, 0.6) is 0 Å². The Balaban J connectivity index is 1.47. The first kappa shape index (κ1) is 17.7. The summed E-state index contributed by atoms with van der Waals surface area (Å²) in [6, 6.07) is 20.8. The summed E-state index contributed by atoms with van der Waals surface area (Å²) in [6.45, 7) is 2.26. The molecule has 4 rings (SSSR count). The van der Waals surface area contributed by atoms with Gasteiger partial charge in [-0.15, -0.1) is 0 Å². The summed E-state index contributed by atoms with van der Waals surface area (Å²) in [6.07, 6.45) is 2.17. The number of benzene rings is 2. The topological polar surface area (TPSA) is 41.9 Å². The van der Waals surface area contributed by atoms with Crippen LogP contribution in [0.2, 0.25) is 0 Å². The standard InChI is InChI=1S/C22H27NO3/c24-14-20-22(26-16-18-10-5-2-6-11-18)21(19-12-7-13-23(19)20)25-15-17-8-3-1-4-9-17/h1-6,8-11,19-22,24H,7,12-16H2/t19-,20-,21+,22-/m1/s1. The lowest BCUT2D eigenvalue weighted by atomic mass is 10.0. The Morgan fingerprint density at radius 2 is 1.42 bits per heavy atom. The molecule has 2 saturated heterocycles. The Hall–Kier alpha value is -1.72. The van der Waals surface area contributed by atoms with Crippen molar-refractivity contribution in [2.75, 3.05) is 13.2 Å². The lowest BCUT2D eigenvalue weighted by Gasteiger charge is -2.26. The van der Waals surface area contributed by atoms with Gasteiger partial charge in [0.15, 0.2) is 0 Å². The fraction of sp³-hybridized carbons (Fsp3) is 0.455. The first-order chi connectivity index (χ1) is 12.9. The number of ether oxygens (including phenoxy) is 2. The molecule has 4 heteroatoms. The summed E-state index contributed by atoms with van der Waals surface area (Å²) in [5.74, 6) is 0. The number of aliphatic hydroxyl groups excluding tert-OH is 1. The van der Waals surface area contributed by atoms with E-state index >= 15 is 0 Å². The third kappa shape index (κ3) is 3.69. The number of rotatable bonds is 7. The van der Waals surface area contributed by atoms with Crippen molar-refractivity contribution in [3.8, 4) is 0 Å². The Morgan fingerprint density at radius 3 is 2.00 bits per heavy atom. The highest BCUT2D eigenvalue weighted by Gasteiger charge is 2.51. The van der Waals surface area contributed by atoms with Gasteiger partial charge in [-0.25, -0.2) is 0 Å². The van der Waals surface area contributed by atoms with Crippen LogP contribution in [0, 0.1) is 0 Å². The molecule has 0 aromatic heterocycles. The van der Waals surface area contributed by atoms with Crippen LogP contribution in [-0.2, 0) is 22.7 Å². The quantitative estimate of drug-likeness (QED) is 0.831. The summed E-state index contributed by atoms with van der Waals surface area (Å²) in [5.41, 5.74) is 2.32. The molecular weight excluding hydrogens is 326 g/mol. The minimum absolute atomic E-state index is 0.00133. The van der Waals surface area contributed by atoms with Gasteiger partial charge in [-0.2, -0.15) is 0 Å². The molecule has 0 radical (unpaired) electrons. The molecule has 0 spiro atoms. The number of hydrogen-bond donors (Lipinski definition) is 1. The molecule has 2 aliphatic heterocycles. The zero-order valence-corrected chi connectivity index (χ0v) is 15.0. The maximum absolute atomic E-state index is 10.0. The van der Waals surface area contributed by atoms with Crippen LogP contribution in [0.25, 0.3) is 0 Å². The summed E-state index contributed by atoms with van der Waals surface area (Å²) < 4.78 is 12.7. The second-order valence-corrected chi connectivity index (χ2v) is 7.22. The van der Waals surface area contributed by atoms with Gasteiger partial charge in [-0.05, 0) is 30.5 Å². The smallest absolute Gasteiger partial charge is 0.103 e.